The summed E-state index contributed by atoms with van der Waals surface area (Å²) in [6.07, 6.45) is 1.93. The molecule has 0 bridgehead atoms. The first kappa shape index (κ1) is 36.4. The number of hydrogen-bond acceptors (Lipinski definition) is 9. The molecule has 5 rings (SSSR count). The number of sulfonamides is 1. The van der Waals surface area contributed by atoms with Gasteiger partial charge in [0.1, 0.15) is 11.6 Å². The molecule has 2 N–H and O–H groups in total. The Morgan fingerprint density at radius 2 is 1.76 bits per heavy atom. The molecule has 49 heavy (non-hydrogen) atoms. The number of benzene rings is 3. The number of hydrogen-bond donors (Lipinski definition) is 2. The molecule has 0 saturated carbocycles. The first-order chi connectivity index (χ1) is 23.4. The Hall–Kier alpha value is -3.91. The Morgan fingerprint density at radius 1 is 1.02 bits per heavy atom. The van der Waals surface area contributed by atoms with Crippen LogP contribution in [0.3, 0.4) is 0 Å². The van der Waals surface area contributed by atoms with Crippen LogP contribution in [0.15, 0.2) is 65.6 Å². The maximum Gasteiger partial charge on any atom is 0.261 e. The predicted molar refractivity (Wildman–Crippen MR) is 183 cm³/mol. The number of fused-ring (bicyclic) bond motifs is 2. The Kier molecular flexibility index (Phi) is 12.0. The fraction of sp³-hybridized carbons (Fsp3) is 0.472. The number of nitrogens with zero attached hydrogens (tertiary/aromatic N) is 2. The monoisotopic (exact) mass is 699 g/mol. The highest BCUT2D eigenvalue weighted by Crippen LogP contribution is 2.33. The van der Waals surface area contributed by atoms with E-state index in [0.29, 0.717) is 25.4 Å². The number of rotatable bonds is 9. The van der Waals surface area contributed by atoms with Crippen LogP contribution < -0.4 is 18.9 Å². The number of nitrogens with one attached hydrogen (secondary N) is 1. The number of ether oxygens (including phenoxy) is 4. The van der Waals surface area contributed by atoms with E-state index in [9.17, 15) is 22.7 Å². The minimum absolute atomic E-state index is 0.121. The minimum atomic E-state index is -4.08. The molecular weight excluding hydrogens is 653 g/mol. The summed E-state index contributed by atoms with van der Waals surface area (Å²) in [6, 6.07) is 14.4. The highest BCUT2D eigenvalue weighted by atomic mass is 32.2. The van der Waals surface area contributed by atoms with Crippen LogP contribution >= 0.6 is 0 Å². The molecule has 2 aliphatic rings. The number of aliphatic hydroxyl groups is 1. The first-order valence-electron chi connectivity index (χ1n) is 16.6. The number of likely N-dealkylation sites (N-methyl/N-ethyl adjacent to an activating group) is 1. The van der Waals surface area contributed by atoms with E-state index in [0.717, 1.165) is 48.5 Å². The fourth-order valence-electron chi connectivity index (χ4n) is 6.00. The zero-order valence-corrected chi connectivity index (χ0v) is 29.2. The van der Waals surface area contributed by atoms with Crippen LogP contribution in [0.5, 0.6) is 17.2 Å². The third-order valence-corrected chi connectivity index (χ3v) is 10.2. The van der Waals surface area contributed by atoms with Gasteiger partial charge in [-0.05, 0) is 100 Å². The molecule has 0 saturated heterocycles. The molecule has 0 unspecified atom stereocenters. The Balaban J connectivity index is 1.40. The van der Waals surface area contributed by atoms with Gasteiger partial charge in [0.2, 0.25) is 6.79 Å². The summed E-state index contributed by atoms with van der Waals surface area (Å²) in [6.45, 7) is 7.72. The zero-order valence-electron chi connectivity index (χ0n) is 28.4. The molecule has 0 fully saturated rings. The van der Waals surface area contributed by atoms with Gasteiger partial charge in [0.25, 0.3) is 15.9 Å². The third kappa shape index (κ3) is 9.41. The Labute approximate surface area is 288 Å². The largest absolute Gasteiger partial charge is 0.490 e. The molecule has 2 heterocycles. The summed E-state index contributed by atoms with van der Waals surface area (Å²) >= 11 is 0. The van der Waals surface area contributed by atoms with Crippen LogP contribution in [0.4, 0.5) is 10.1 Å². The van der Waals surface area contributed by atoms with Crippen molar-refractivity contribution in [1.29, 1.82) is 0 Å². The summed E-state index contributed by atoms with van der Waals surface area (Å²) in [5.41, 5.74) is 1.38. The topological polar surface area (TPSA) is 127 Å². The van der Waals surface area contributed by atoms with Crippen LogP contribution in [0.25, 0.3) is 0 Å². The van der Waals surface area contributed by atoms with Crippen LogP contribution in [-0.4, -0.2) is 87.6 Å². The van der Waals surface area contributed by atoms with Crippen LogP contribution in [0, 0.1) is 11.7 Å². The molecule has 266 valence electrons. The minimum Gasteiger partial charge on any atom is -0.490 e. The SMILES string of the molecule is C[C@@H]1CCCCO[C@@H](CN(C)Cc2ccc3c(c2)OCO3)[C@H](C)CN([C@@H](C)CO)C(=O)c2cc(NS(=O)(=O)c3ccc(F)cc3)ccc2O1. The maximum absolute atomic E-state index is 14.4. The summed E-state index contributed by atoms with van der Waals surface area (Å²) in [5.74, 6) is 0.671. The highest BCUT2D eigenvalue weighted by molar-refractivity contribution is 7.92. The average molecular weight is 700 g/mol. The van der Waals surface area contributed by atoms with E-state index in [1.54, 1.807) is 17.9 Å². The third-order valence-electron chi connectivity index (χ3n) is 8.81. The average Bonchev–Trinajstić information content (AvgIpc) is 3.54. The van der Waals surface area contributed by atoms with Crippen molar-refractivity contribution in [3.05, 3.63) is 77.6 Å². The Bertz CT molecular complexity index is 1690. The summed E-state index contributed by atoms with van der Waals surface area (Å²) < 4.78 is 65.9. The lowest BCUT2D eigenvalue weighted by atomic mass is 10.0. The van der Waals surface area contributed by atoms with E-state index in [4.69, 9.17) is 18.9 Å². The second kappa shape index (κ2) is 16.2. The van der Waals surface area contributed by atoms with Crippen molar-refractivity contribution in [2.24, 2.45) is 5.92 Å². The number of aliphatic hydroxyl groups excluding tert-OH is 1. The summed E-state index contributed by atoms with van der Waals surface area (Å²) in [5, 5.41) is 10.2. The lowest BCUT2D eigenvalue weighted by Gasteiger charge is -2.36. The number of carbonyl (C=O) groups excluding carboxylic acids is 1. The molecule has 1 amide bonds. The van der Waals surface area contributed by atoms with E-state index in [2.05, 4.69) is 9.62 Å². The quantitative estimate of drug-likeness (QED) is 0.307. The molecule has 0 radical (unpaired) electrons. The van der Waals surface area contributed by atoms with Gasteiger partial charge in [-0.3, -0.25) is 14.4 Å². The standard InChI is InChI=1S/C36H46FN3O8S/c1-24-19-40(25(2)22-41)36(42)31-18-29(38-49(43,44)30-12-9-28(37)10-13-30)11-15-32(31)48-26(3)7-5-6-16-45-35(24)21-39(4)20-27-8-14-33-34(17-27)47-23-46-33/h8-15,17-18,24-26,35,38,41H,5-7,16,19-23H2,1-4H3/t24-,25+,26-,35+/m1/s1. The molecule has 3 aromatic carbocycles. The first-order valence-corrected chi connectivity index (χ1v) is 18.1. The lowest BCUT2D eigenvalue weighted by Crippen LogP contribution is -2.47. The smallest absolute Gasteiger partial charge is 0.261 e. The highest BCUT2D eigenvalue weighted by Gasteiger charge is 2.31. The van der Waals surface area contributed by atoms with Crippen LogP contribution in [-0.2, 0) is 21.3 Å². The van der Waals surface area contributed by atoms with Crippen molar-refractivity contribution in [2.75, 3.05) is 44.9 Å². The molecule has 13 heteroatoms. The van der Waals surface area contributed by atoms with Crippen molar-refractivity contribution in [3.8, 4) is 17.2 Å². The van der Waals surface area contributed by atoms with Gasteiger partial charge in [-0.2, -0.15) is 0 Å². The number of carbonyl (C=O) groups is 1. The van der Waals surface area contributed by atoms with Gasteiger partial charge in [-0.25, -0.2) is 12.8 Å². The number of halogens is 1. The van der Waals surface area contributed by atoms with Gasteiger partial charge in [0.05, 0.1) is 35.3 Å². The molecule has 3 aromatic rings. The van der Waals surface area contributed by atoms with Gasteiger partial charge in [-0.1, -0.05) is 13.0 Å². The van der Waals surface area contributed by atoms with Gasteiger partial charge in [0.15, 0.2) is 11.5 Å². The molecule has 4 atom stereocenters. The summed E-state index contributed by atoms with van der Waals surface area (Å²) in [7, 11) is -2.06. The van der Waals surface area contributed by atoms with E-state index in [1.165, 1.54) is 24.3 Å². The molecule has 11 nitrogen and oxygen atoms in total. The van der Waals surface area contributed by atoms with Crippen LogP contribution in [0.2, 0.25) is 0 Å². The second-order valence-corrected chi connectivity index (χ2v) is 14.6. The maximum atomic E-state index is 14.4. The molecule has 0 spiro atoms. The van der Waals surface area contributed by atoms with Gasteiger partial charge < -0.3 is 29.0 Å². The molecule has 2 aliphatic heterocycles. The van der Waals surface area contributed by atoms with Gasteiger partial charge >= 0.3 is 0 Å². The molecule has 0 aromatic heterocycles. The van der Waals surface area contributed by atoms with Gasteiger partial charge in [-0.15, -0.1) is 0 Å². The van der Waals surface area contributed by atoms with Crippen molar-refractivity contribution in [3.63, 3.8) is 0 Å². The second-order valence-electron chi connectivity index (χ2n) is 13.0. The van der Waals surface area contributed by atoms with Crippen LogP contribution in [0.1, 0.15) is 56.0 Å². The predicted octanol–water partition coefficient (Wildman–Crippen LogP) is 5.28. The number of amides is 1. The molecule has 0 aliphatic carbocycles. The van der Waals surface area contributed by atoms with E-state index in [-0.39, 0.29) is 54.2 Å². The zero-order chi connectivity index (χ0) is 35.1. The molecular formula is C36H46FN3O8S. The van der Waals surface area contributed by atoms with E-state index < -0.39 is 27.8 Å². The van der Waals surface area contributed by atoms with E-state index >= 15 is 0 Å². The Morgan fingerprint density at radius 3 is 2.51 bits per heavy atom. The lowest BCUT2D eigenvalue weighted by molar-refractivity contribution is -0.0177. The normalized spacial score (nSPS) is 21.1. The van der Waals surface area contributed by atoms with E-state index in [1.807, 2.05) is 39.1 Å². The van der Waals surface area contributed by atoms with Gasteiger partial charge in [0, 0.05) is 37.8 Å². The van der Waals surface area contributed by atoms with Crippen molar-refractivity contribution < 1.29 is 41.7 Å². The summed E-state index contributed by atoms with van der Waals surface area (Å²) in [4.78, 5) is 18.0. The van der Waals surface area contributed by atoms with Crippen molar-refractivity contribution in [2.45, 2.75) is 69.7 Å². The fourth-order valence-corrected chi connectivity index (χ4v) is 7.05. The van der Waals surface area contributed by atoms with Crippen molar-refractivity contribution >= 4 is 21.6 Å². The number of anilines is 1. The van der Waals surface area contributed by atoms with Crippen molar-refractivity contribution in [1.82, 2.24) is 9.80 Å².